The topological polar surface area (TPSA) is 57.6 Å². The third kappa shape index (κ3) is 3.20. The molecule has 0 aliphatic carbocycles. The Morgan fingerprint density at radius 3 is 2.35 bits per heavy atom. The lowest BCUT2D eigenvalue weighted by atomic mass is 9.95. The van der Waals surface area contributed by atoms with Crippen LogP contribution >= 0.6 is 15.9 Å². The second-order valence-corrected chi connectivity index (χ2v) is 6.71. The summed E-state index contributed by atoms with van der Waals surface area (Å²) in [5.74, 6) is -2.20. The number of carbonyl (C=O) groups is 2. The van der Waals surface area contributed by atoms with Crippen LogP contribution in [0.15, 0.2) is 71.2 Å². The highest BCUT2D eigenvalue weighted by molar-refractivity contribution is 9.10. The number of rotatable bonds is 4. The van der Waals surface area contributed by atoms with Crippen molar-refractivity contribution < 1.29 is 19.1 Å². The van der Waals surface area contributed by atoms with Gasteiger partial charge >= 0.3 is 0 Å². The molecule has 4 nitrogen and oxygen atoms in total. The third-order valence-corrected chi connectivity index (χ3v) is 4.70. The number of amides is 1. The van der Waals surface area contributed by atoms with E-state index < -0.39 is 23.5 Å². The first kappa shape index (κ1) is 18.1. The summed E-state index contributed by atoms with van der Waals surface area (Å²) in [6.07, 6.45) is 1.50. The zero-order valence-electron chi connectivity index (χ0n) is 13.7. The Bertz CT molecular complexity index is 904. The maximum absolute atomic E-state index is 13.3. The maximum Gasteiger partial charge on any atom is 0.295 e. The molecular weight excluding hydrogens is 401 g/mol. The Balaban J connectivity index is 2.18. The summed E-state index contributed by atoms with van der Waals surface area (Å²) in [5.41, 5.74) is 0.925. The van der Waals surface area contributed by atoms with Crippen molar-refractivity contribution in [1.82, 2.24) is 4.90 Å². The average molecular weight is 416 g/mol. The van der Waals surface area contributed by atoms with Gasteiger partial charge in [0.2, 0.25) is 0 Å². The normalized spacial score (nSPS) is 19.0. The number of nitrogens with zero attached hydrogens (tertiary/aromatic N) is 1. The van der Waals surface area contributed by atoms with E-state index in [1.54, 1.807) is 24.3 Å². The van der Waals surface area contributed by atoms with Gasteiger partial charge in [-0.1, -0.05) is 46.3 Å². The first-order chi connectivity index (χ1) is 12.4. The van der Waals surface area contributed by atoms with Gasteiger partial charge in [0.1, 0.15) is 11.6 Å². The van der Waals surface area contributed by atoms with E-state index in [1.165, 1.54) is 35.2 Å². The van der Waals surface area contributed by atoms with Gasteiger partial charge in [-0.25, -0.2) is 4.39 Å². The molecule has 26 heavy (non-hydrogen) atoms. The van der Waals surface area contributed by atoms with Crippen molar-refractivity contribution in [3.63, 3.8) is 0 Å². The number of Topliss-reactive ketones (excluding diaryl/α,β-unsaturated/α-hetero) is 1. The minimum absolute atomic E-state index is 0.0224. The molecule has 1 saturated heterocycles. The smallest absolute Gasteiger partial charge is 0.295 e. The van der Waals surface area contributed by atoms with Crippen LogP contribution in [0, 0.1) is 5.82 Å². The molecule has 0 bridgehead atoms. The summed E-state index contributed by atoms with van der Waals surface area (Å²) in [6, 6.07) is 11.4. The molecule has 0 aromatic heterocycles. The van der Waals surface area contributed by atoms with E-state index in [2.05, 4.69) is 22.5 Å². The molecule has 1 fully saturated rings. The van der Waals surface area contributed by atoms with Gasteiger partial charge in [-0.05, 0) is 29.8 Å². The average Bonchev–Trinajstić information content (AvgIpc) is 2.88. The molecule has 1 unspecified atom stereocenters. The molecule has 132 valence electrons. The maximum atomic E-state index is 13.3. The molecule has 3 rings (SSSR count). The highest BCUT2D eigenvalue weighted by Crippen LogP contribution is 2.39. The molecule has 1 aliphatic heterocycles. The van der Waals surface area contributed by atoms with Crippen molar-refractivity contribution in [1.29, 1.82) is 0 Å². The lowest BCUT2D eigenvalue weighted by Crippen LogP contribution is -2.29. The number of likely N-dealkylation sites (tertiary alicyclic amines) is 1. The van der Waals surface area contributed by atoms with Crippen molar-refractivity contribution in [2.45, 2.75) is 6.04 Å². The lowest BCUT2D eigenvalue weighted by molar-refractivity contribution is -0.139. The van der Waals surface area contributed by atoms with E-state index in [0.29, 0.717) is 11.1 Å². The molecule has 0 spiro atoms. The Labute approximate surface area is 158 Å². The molecule has 2 aromatic carbocycles. The molecule has 6 heteroatoms. The van der Waals surface area contributed by atoms with E-state index in [4.69, 9.17) is 0 Å². The van der Waals surface area contributed by atoms with Crippen LogP contribution in [0.4, 0.5) is 4.39 Å². The quantitative estimate of drug-likeness (QED) is 0.352. The van der Waals surface area contributed by atoms with Crippen molar-refractivity contribution in [2.24, 2.45) is 0 Å². The van der Waals surface area contributed by atoms with Gasteiger partial charge in [0, 0.05) is 16.6 Å². The van der Waals surface area contributed by atoms with E-state index >= 15 is 0 Å². The van der Waals surface area contributed by atoms with Crippen LogP contribution in [0.1, 0.15) is 17.2 Å². The van der Waals surface area contributed by atoms with Gasteiger partial charge in [-0.15, -0.1) is 6.58 Å². The van der Waals surface area contributed by atoms with Crippen molar-refractivity contribution in [2.75, 3.05) is 6.54 Å². The van der Waals surface area contributed by atoms with E-state index in [1.807, 2.05) is 0 Å². The largest absolute Gasteiger partial charge is 0.507 e. The summed E-state index contributed by atoms with van der Waals surface area (Å²) in [5, 5.41) is 10.7. The van der Waals surface area contributed by atoms with Gasteiger partial charge in [0.15, 0.2) is 0 Å². The van der Waals surface area contributed by atoms with Crippen LogP contribution in [0.25, 0.3) is 5.76 Å². The Morgan fingerprint density at radius 1 is 1.15 bits per heavy atom. The zero-order valence-corrected chi connectivity index (χ0v) is 15.2. The Morgan fingerprint density at radius 2 is 1.77 bits per heavy atom. The standard InChI is InChI=1S/C20H15BrFNO3/c1-2-11-23-17(12-5-9-15(22)10-6-12)16(19(25)20(23)26)18(24)13-3-7-14(21)8-4-13/h2-10,17,24H,1,11H2. The molecule has 1 aliphatic rings. The molecule has 1 amide bonds. The molecule has 1 heterocycles. The van der Waals surface area contributed by atoms with Crippen LogP contribution in [0.2, 0.25) is 0 Å². The fraction of sp³-hybridized carbons (Fsp3) is 0.100. The van der Waals surface area contributed by atoms with Crippen molar-refractivity contribution >= 4 is 33.4 Å². The Kier molecular flexibility index (Phi) is 5.04. The summed E-state index contributed by atoms with van der Waals surface area (Å²) in [6.45, 7) is 3.74. The minimum Gasteiger partial charge on any atom is -0.507 e. The summed E-state index contributed by atoms with van der Waals surface area (Å²) in [7, 11) is 0. The molecule has 1 N–H and O–H groups in total. The fourth-order valence-corrected chi connectivity index (χ4v) is 3.23. The molecule has 2 aromatic rings. The number of aliphatic hydroxyl groups excluding tert-OH is 1. The second-order valence-electron chi connectivity index (χ2n) is 5.80. The number of hydrogen-bond acceptors (Lipinski definition) is 3. The minimum atomic E-state index is -0.808. The number of benzene rings is 2. The highest BCUT2D eigenvalue weighted by atomic mass is 79.9. The number of halogens is 2. The molecule has 0 saturated carbocycles. The number of carbonyl (C=O) groups excluding carboxylic acids is 2. The Hall–Kier alpha value is -2.73. The van der Waals surface area contributed by atoms with Crippen LogP contribution in [0.5, 0.6) is 0 Å². The zero-order chi connectivity index (χ0) is 18.8. The summed E-state index contributed by atoms with van der Waals surface area (Å²) >= 11 is 3.31. The molecule has 0 radical (unpaired) electrons. The number of aliphatic hydroxyl groups is 1. The number of ketones is 1. The van der Waals surface area contributed by atoms with Gasteiger partial charge < -0.3 is 10.0 Å². The van der Waals surface area contributed by atoms with Crippen LogP contribution in [0.3, 0.4) is 0 Å². The van der Waals surface area contributed by atoms with Crippen LogP contribution in [-0.4, -0.2) is 28.2 Å². The molecule has 1 atom stereocenters. The second kappa shape index (κ2) is 7.25. The first-order valence-corrected chi connectivity index (χ1v) is 8.64. The van der Waals surface area contributed by atoms with E-state index in [9.17, 15) is 19.1 Å². The van der Waals surface area contributed by atoms with Gasteiger partial charge in [-0.2, -0.15) is 0 Å². The number of hydrogen-bond donors (Lipinski definition) is 1. The summed E-state index contributed by atoms with van der Waals surface area (Å²) in [4.78, 5) is 26.4. The highest BCUT2D eigenvalue weighted by Gasteiger charge is 2.45. The van der Waals surface area contributed by atoms with Crippen molar-refractivity contribution in [3.05, 3.63) is 88.2 Å². The van der Waals surface area contributed by atoms with E-state index in [-0.39, 0.29) is 17.9 Å². The monoisotopic (exact) mass is 415 g/mol. The van der Waals surface area contributed by atoms with Gasteiger partial charge in [0.05, 0.1) is 11.6 Å². The van der Waals surface area contributed by atoms with Crippen LogP contribution < -0.4 is 0 Å². The van der Waals surface area contributed by atoms with Crippen molar-refractivity contribution in [3.8, 4) is 0 Å². The predicted octanol–water partition coefficient (Wildman–Crippen LogP) is 4.20. The first-order valence-electron chi connectivity index (χ1n) is 7.84. The predicted molar refractivity (Wildman–Crippen MR) is 99.7 cm³/mol. The van der Waals surface area contributed by atoms with E-state index in [0.717, 1.165) is 4.47 Å². The SMILES string of the molecule is C=CCN1C(=O)C(=O)C(=C(O)c2ccc(Br)cc2)C1c1ccc(F)cc1. The summed E-state index contributed by atoms with van der Waals surface area (Å²) < 4.78 is 14.1. The molecular formula is C20H15BrFNO3. The van der Waals surface area contributed by atoms with Gasteiger partial charge in [-0.3, -0.25) is 9.59 Å². The van der Waals surface area contributed by atoms with Crippen LogP contribution in [-0.2, 0) is 9.59 Å². The fourth-order valence-electron chi connectivity index (χ4n) is 2.96. The van der Waals surface area contributed by atoms with Gasteiger partial charge in [0.25, 0.3) is 11.7 Å². The lowest BCUT2D eigenvalue weighted by Gasteiger charge is -2.24. The third-order valence-electron chi connectivity index (χ3n) is 4.17.